The van der Waals surface area contributed by atoms with Crippen LogP contribution in [0.5, 0.6) is 0 Å². The van der Waals surface area contributed by atoms with E-state index >= 15 is 0 Å². The highest BCUT2D eigenvalue weighted by molar-refractivity contribution is 7.81. The maximum Gasteiger partial charge on any atom is 0.415 e. The van der Waals surface area contributed by atoms with Gasteiger partial charge in [-0.15, -0.1) is 12.6 Å². The summed E-state index contributed by atoms with van der Waals surface area (Å²) in [6, 6.07) is 7.67. The molecule has 0 aromatic heterocycles. The van der Waals surface area contributed by atoms with E-state index < -0.39 is 0 Å². The molecule has 1 unspecified atom stereocenters. The molecule has 0 saturated carbocycles. The molecule has 0 bridgehead atoms. The molecule has 3 nitrogen and oxygen atoms in total. The topological polar surface area (TPSA) is 29.5 Å². The monoisotopic (exact) mass is 235 g/mol. The Morgan fingerprint density at radius 3 is 3.00 bits per heavy atom. The van der Waals surface area contributed by atoms with Gasteiger partial charge in [0.1, 0.15) is 5.37 Å². The van der Waals surface area contributed by atoms with Crippen LogP contribution in [0.25, 0.3) is 6.08 Å². The minimum absolute atomic E-state index is 0.269. The quantitative estimate of drug-likeness (QED) is 0.758. The Bertz CT molecular complexity index is 431. The molecular weight excluding hydrogens is 222 g/mol. The first-order chi connectivity index (χ1) is 7.74. The number of carbonyl (C=O) groups is 1. The number of benzene rings is 1. The normalized spacial score (nSPS) is 18.1. The lowest BCUT2D eigenvalue weighted by Gasteiger charge is -2.29. The second-order valence-corrected chi connectivity index (χ2v) is 3.93. The number of amides is 1. The van der Waals surface area contributed by atoms with E-state index in [1.165, 1.54) is 0 Å². The molecule has 0 saturated heterocycles. The molecule has 16 heavy (non-hydrogen) atoms. The Hall–Kier alpha value is -1.42. The van der Waals surface area contributed by atoms with Gasteiger partial charge in [0.2, 0.25) is 0 Å². The van der Waals surface area contributed by atoms with Gasteiger partial charge < -0.3 is 4.74 Å². The largest absolute Gasteiger partial charge is 0.449 e. The molecular formula is C12H13NO2S. The van der Waals surface area contributed by atoms with Crippen molar-refractivity contribution < 1.29 is 9.53 Å². The first kappa shape index (κ1) is 11.1. The van der Waals surface area contributed by atoms with Gasteiger partial charge in [0.15, 0.2) is 0 Å². The second-order valence-electron chi connectivity index (χ2n) is 3.40. The van der Waals surface area contributed by atoms with Crippen molar-refractivity contribution in [3.05, 3.63) is 35.9 Å². The zero-order valence-electron chi connectivity index (χ0n) is 8.96. The first-order valence-corrected chi connectivity index (χ1v) is 5.67. The van der Waals surface area contributed by atoms with Gasteiger partial charge in [-0.05, 0) is 18.6 Å². The van der Waals surface area contributed by atoms with E-state index in [1.54, 1.807) is 11.8 Å². The maximum atomic E-state index is 11.8. The summed E-state index contributed by atoms with van der Waals surface area (Å²) in [5, 5.41) is -0.269. The maximum absolute atomic E-state index is 11.8. The number of hydrogen-bond donors (Lipinski definition) is 1. The fraction of sp³-hybridized carbons (Fsp3) is 0.250. The second kappa shape index (κ2) is 4.61. The molecule has 1 heterocycles. The highest BCUT2D eigenvalue weighted by Crippen LogP contribution is 2.30. The van der Waals surface area contributed by atoms with Crippen LogP contribution in [-0.4, -0.2) is 18.1 Å². The molecule has 4 heteroatoms. The van der Waals surface area contributed by atoms with E-state index in [2.05, 4.69) is 12.6 Å². The minimum atomic E-state index is -0.362. The van der Waals surface area contributed by atoms with E-state index in [4.69, 9.17) is 4.74 Å². The van der Waals surface area contributed by atoms with Crippen molar-refractivity contribution in [3.63, 3.8) is 0 Å². The smallest absolute Gasteiger partial charge is 0.415 e. The van der Waals surface area contributed by atoms with Crippen molar-refractivity contribution in [2.24, 2.45) is 0 Å². The van der Waals surface area contributed by atoms with Crippen LogP contribution in [0.4, 0.5) is 10.5 Å². The first-order valence-electron chi connectivity index (χ1n) is 5.15. The van der Waals surface area contributed by atoms with Gasteiger partial charge in [0, 0.05) is 0 Å². The summed E-state index contributed by atoms with van der Waals surface area (Å²) in [5.74, 6) is 0. The van der Waals surface area contributed by atoms with E-state index in [-0.39, 0.29) is 11.5 Å². The van der Waals surface area contributed by atoms with Gasteiger partial charge in [0.25, 0.3) is 0 Å². The molecule has 0 spiro atoms. The summed E-state index contributed by atoms with van der Waals surface area (Å²) in [6.45, 7) is 2.15. The molecule has 1 aromatic rings. The minimum Gasteiger partial charge on any atom is -0.449 e. The highest BCUT2D eigenvalue weighted by atomic mass is 32.1. The summed E-state index contributed by atoms with van der Waals surface area (Å²) in [6.07, 6.45) is 3.46. The van der Waals surface area contributed by atoms with Crippen LogP contribution in [0.15, 0.2) is 30.3 Å². The average Bonchev–Trinajstić information content (AvgIpc) is 2.29. The van der Waals surface area contributed by atoms with Crippen LogP contribution in [0.2, 0.25) is 0 Å². The van der Waals surface area contributed by atoms with Gasteiger partial charge in [-0.25, -0.2) is 4.79 Å². The SMILES string of the molecule is CCOC(=O)N1c2ccccc2C=CC1S. The number of rotatable bonds is 1. The van der Waals surface area contributed by atoms with E-state index in [0.717, 1.165) is 11.3 Å². The van der Waals surface area contributed by atoms with Crippen molar-refractivity contribution in [2.45, 2.75) is 12.3 Å². The van der Waals surface area contributed by atoms with Crippen LogP contribution in [0.1, 0.15) is 12.5 Å². The number of thiol groups is 1. The third kappa shape index (κ3) is 1.93. The Kier molecular flexibility index (Phi) is 3.19. The van der Waals surface area contributed by atoms with Crippen molar-refractivity contribution in [1.82, 2.24) is 0 Å². The standard InChI is InChI=1S/C12H13NO2S/c1-2-15-12(14)13-10-6-4-3-5-9(10)7-8-11(13)16/h3-8,11,16H,2H2,1H3. The van der Waals surface area contributed by atoms with Crippen LogP contribution < -0.4 is 4.90 Å². The van der Waals surface area contributed by atoms with Gasteiger partial charge in [0.05, 0.1) is 12.3 Å². The molecule has 1 aromatic carbocycles. The van der Waals surface area contributed by atoms with Crippen molar-refractivity contribution >= 4 is 30.5 Å². The summed E-state index contributed by atoms with van der Waals surface area (Å²) in [5.41, 5.74) is 1.84. The lowest BCUT2D eigenvalue weighted by Crippen LogP contribution is -2.38. The molecule has 0 aliphatic carbocycles. The van der Waals surface area contributed by atoms with E-state index in [0.29, 0.717) is 6.61 Å². The molecule has 1 aliphatic rings. The predicted molar refractivity (Wildman–Crippen MR) is 67.8 cm³/mol. The van der Waals surface area contributed by atoms with Crippen molar-refractivity contribution in [3.8, 4) is 0 Å². The summed E-state index contributed by atoms with van der Waals surface area (Å²) in [4.78, 5) is 13.3. The van der Waals surface area contributed by atoms with Crippen LogP contribution in [0.3, 0.4) is 0 Å². The molecule has 2 rings (SSSR count). The Morgan fingerprint density at radius 2 is 2.25 bits per heavy atom. The van der Waals surface area contributed by atoms with Gasteiger partial charge in [-0.1, -0.05) is 30.4 Å². The molecule has 0 fully saturated rings. The lowest BCUT2D eigenvalue weighted by molar-refractivity contribution is 0.160. The number of nitrogens with zero attached hydrogens (tertiary/aromatic N) is 1. The van der Waals surface area contributed by atoms with Crippen molar-refractivity contribution in [2.75, 3.05) is 11.5 Å². The summed E-state index contributed by atoms with van der Waals surface area (Å²) < 4.78 is 5.01. The third-order valence-corrected chi connectivity index (χ3v) is 2.78. The van der Waals surface area contributed by atoms with Crippen LogP contribution in [0, 0.1) is 0 Å². The zero-order chi connectivity index (χ0) is 11.5. The van der Waals surface area contributed by atoms with Crippen LogP contribution in [-0.2, 0) is 4.74 Å². The third-order valence-electron chi connectivity index (χ3n) is 2.37. The molecule has 0 N–H and O–H groups in total. The number of ether oxygens (including phenoxy) is 1. The predicted octanol–water partition coefficient (Wildman–Crippen LogP) is 2.93. The number of hydrogen-bond acceptors (Lipinski definition) is 3. The fourth-order valence-electron chi connectivity index (χ4n) is 1.67. The lowest BCUT2D eigenvalue weighted by atomic mass is 10.1. The number of anilines is 1. The van der Waals surface area contributed by atoms with Gasteiger partial charge in [-0.2, -0.15) is 0 Å². The van der Waals surface area contributed by atoms with Crippen molar-refractivity contribution in [1.29, 1.82) is 0 Å². The number of para-hydroxylation sites is 1. The molecule has 1 atom stereocenters. The summed E-state index contributed by atoms with van der Waals surface area (Å²) >= 11 is 4.35. The zero-order valence-corrected chi connectivity index (χ0v) is 9.85. The number of fused-ring (bicyclic) bond motifs is 1. The fourth-order valence-corrected chi connectivity index (χ4v) is 1.97. The van der Waals surface area contributed by atoms with Gasteiger partial charge >= 0.3 is 6.09 Å². The molecule has 84 valence electrons. The molecule has 1 aliphatic heterocycles. The van der Waals surface area contributed by atoms with E-state index in [1.807, 2.05) is 36.4 Å². The van der Waals surface area contributed by atoms with E-state index in [9.17, 15) is 4.79 Å². The number of carbonyl (C=O) groups excluding carboxylic acids is 1. The molecule has 0 radical (unpaired) electrons. The highest BCUT2D eigenvalue weighted by Gasteiger charge is 2.26. The van der Waals surface area contributed by atoms with Crippen LogP contribution >= 0.6 is 12.6 Å². The summed E-state index contributed by atoms with van der Waals surface area (Å²) in [7, 11) is 0. The Labute approximate surface area is 100 Å². The molecule has 1 amide bonds. The Balaban J connectivity index is 2.37. The van der Waals surface area contributed by atoms with Gasteiger partial charge in [-0.3, -0.25) is 4.90 Å². The average molecular weight is 235 g/mol. The Morgan fingerprint density at radius 1 is 1.50 bits per heavy atom.